The Hall–Kier alpha value is -0.870. The highest BCUT2D eigenvalue weighted by molar-refractivity contribution is 9.10. The first-order valence-electron chi connectivity index (χ1n) is 5.98. The fourth-order valence-corrected chi connectivity index (χ4v) is 2.40. The number of carbonyl (C=O) groups is 1. The van der Waals surface area contributed by atoms with Gasteiger partial charge in [-0.15, -0.1) is 0 Å². The maximum atomic E-state index is 11.0. The van der Waals surface area contributed by atoms with Crippen LogP contribution in [0.2, 0.25) is 0 Å². The third-order valence-corrected chi connectivity index (χ3v) is 3.72. The summed E-state index contributed by atoms with van der Waals surface area (Å²) in [6.07, 6.45) is 0.611. The Labute approximate surface area is 117 Å². The van der Waals surface area contributed by atoms with Crippen LogP contribution in [0.25, 0.3) is 0 Å². The van der Waals surface area contributed by atoms with Crippen LogP contribution >= 0.6 is 15.9 Å². The summed E-state index contributed by atoms with van der Waals surface area (Å²) < 4.78 is 1.03. The lowest BCUT2D eigenvalue weighted by Gasteiger charge is -2.28. The normalized spacial score (nSPS) is 14.6. The fraction of sp³-hybridized carbons (Fsp3) is 0.500. The second-order valence-corrected chi connectivity index (χ2v) is 5.87. The third kappa shape index (κ3) is 3.82. The van der Waals surface area contributed by atoms with Gasteiger partial charge in [-0.05, 0) is 50.7 Å². The van der Waals surface area contributed by atoms with Crippen LogP contribution in [0.4, 0.5) is 0 Å². The minimum Gasteiger partial charge on any atom is -0.481 e. The summed E-state index contributed by atoms with van der Waals surface area (Å²) in [4.78, 5) is 13.1. The Bertz CT molecular complexity index is 432. The summed E-state index contributed by atoms with van der Waals surface area (Å²) >= 11 is 3.47. The minimum absolute atomic E-state index is 0.119. The van der Waals surface area contributed by atoms with Crippen LogP contribution in [-0.2, 0) is 4.79 Å². The molecule has 0 bridgehead atoms. The topological polar surface area (TPSA) is 40.5 Å². The molecule has 1 aromatic carbocycles. The number of rotatable bonds is 5. The molecule has 0 aliphatic carbocycles. The summed E-state index contributed by atoms with van der Waals surface area (Å²) in [5.74, 6) is -1.09. The summed E-state index contributed by atoms with van der Waals surface area (Å²) in [5.41, 5.74) is 2.37. The molecule has 0 heterocycles. The van der Waals surface area contributed by atoms with Crippen LogP contribution in [-0.4, -0.2) is 30.1 Å². The molecule has 100 valence electrons. The molecule has 0 aromatic heterocycles. The Morgan fingerprint density at radius 1 is 1.44 bits per heavy atom. The number of halogens is 1. The van der Waals surface area contributed by atoms with Crippen molar-refractivity contribution in [2.24, 2.45) is 5.92 Å². The Balaban J connectivity index is 3.04. The van der Waals surface area contributed by atoms with Crippen LogP contribution in [0, 0.1) is 12.8 Å². The number of carboxylic acids is 1. The molecule has 0 saturated carbocycles. The molecule has 0 aliphatic rings. The van der Waals surface area contributed by atoms with Crippen molar-refractivity contribution in [3.8, 4) is 0 Å². The third-order valence-electron chi connectivity index (χ3n) is 3.22. The van der Waals surface area contributed by atoms with Gasteiger partial charge in [-0.2, -0.15) is 0 Å². The number of hydrogen-bond donors (Lipinski definition) is 1. The van der Waals surface area contributed by atoms with Crippen LogP contribution in [0.5, 0.6) is 0 Å². The summed E-state index contributed by atoms with van der Waals surface area (Å²) in [5, 5.41) is 9.06. The van der Waals surface area contributed by atoms with Gasteiger partial charge in [-0.3, -0.25) is 4.79 Å². The SMILES string of the molecule is Cc1ccc(Br)cc1C(CC(C)C(=O)O)N(C)C. The predicted molar refractivity (Wildman–Crippen MR) is 76.7 cm³/mol. The van der Waals surface area contributed by atoms with Gasteiger partial charge < -0.3 is 10.0 Å². The van der Waals surface area contributed by atoms with Gasteiger partial charge in [0.05, 0.1) is 5.92 Å². The molecule has 0 amide bonds. The number of benzene rings is 1. The first-order chi connectivity index (χ1) is 8.32. The first kappa shape index (κ1) is 15.2. The molecular formula is C14H20BrNO2. The van der Waals surface area contributed by atoms with Gasteiger partial charge in [-0.1, -0.05) is 28.9 Å². The predicted octanol–water partition coefficient (Wildman–Crippen LogP) is 3.47. The van der Waals surface area contributed by atoms with Crippen molar-refractivity contribution < 1.29 is 9.90 Å². The maximum Gasteiger partial charge on any atom is 0.306 e. The molecule has 2 unspecified atom stereocenters. The van der Waals surface area contributed by atoms with E-state index in [1.807, 2.05) is 20.2 Å². The van der Waals surface area contributed by atoms with Crippen molar-refractivity contribution >= 4 is 21.9 Å². The van der Waals surface area contributed by atoms with Crippen LogP contribution in [0.1, 0.15) is 30.5 Å². The van der Waals surface area contributed by atoms with E-state index in [9.17, 15) is 4.79 Å². The number of nitrogens with zero attached hydrogens (tertiary/aromatic N) is 1. The molecule has 18 heavy (non-hydrogen) atoms. The Kier molecular flexibility index (Phi) is 5.35. The van der Waals surface area contributed by atoms with Crippen LogP contribution < -0.4 is 0 Å². The summed E-state index contributed by atoms with van der Waals surface area (Å²) in [6.45, 7) is 3.82. The van der Waals surface area contributed by atoms with E-state index in [0.29, 0.717) is 6.42 Å². The zero-order valence-electron chi connectivity index (χ0n) is 11.3. The number of hydrogen-bond acceptors (Lipinski definition) is 2. The molecule has 1 aromatic rings. The minimum atomic E-state index is -0.741. The lowest BCUT2D eigenvalue weighted by atomic mass is 9.92. The van der Waals surface area contributed by atoms with Crippen molar-refractivity contribution in [3.63, 3.8) is 0 Å². The van der Waals surface area contributed by atoms with Gasteiger partial charge >= 0.3 is 5.97 Å². The van der Waals surface area contributed by atoms with Crippen molar-refractivity contribution in [3.05, 3.63) is 33.8 Å². The number of carboxylic acid groups (broad SMARTS) is 1. The molecule has 0 fully saturated rings. The van der Waals surface area contributed by atoms with E-state index in [-0.39, 0.29) is 12.0 Å². The largest absolute Gasteiger partial charge is 0.481 e. The number of aryl methyl sites for hydroxylation is 1. The van der Waals surface area contributed by atoms with Crippen molar-refractivity contribution in [2.75, 3.05) is 14.1 Å². The van der Waals surface area contributed by atoms with E-state index in [2.05, 4.69) is 39.9 Å². The van der Waals surface area contributed by atoms with Gasteiger partial charge in [0.15, 0.2) is 0 Å². The van der Waals surface area contributed by atoms with E-state index < -0.39 is 5.97 Å². The van der Waals surface area contributed by atoms with E-state index in [1.165, 1.54) is 11.1 Å². The van der Waals surface area contributed by atoms with Gasteiger partial charge in [0, 0.05) is 10.5 Å². The lowest BCUT2D eigenvalue weighted by molar-refractivity contribution is -0.141. The van der Waals surface area contributed by atoms with Gasteiger partial charge in [-0.25, -0.2) is 0 Å². The highest BCUT2D eigenvalue weighted by Crippen LogP contribution is 2.30. The molecule has 4 heteroatoms. The fourth-order valence-electron chi connectivity index (χ4n) is 2.02. The molecular weight excluding hydrogens is 294 g/mol. The Morgan fingerprint density at radius 3 is 2.56 bits per heavy atom. The van der Waals surface area contributed by atoms with Gasteiger partial charge in [0.2, 0.25) is 0 Å². The van der Waals surface area contributed by atoms with Crippen molar-refractivity contribution in [2.45, 2.75) is 26.3 Å². The van der Waals surface area contributed by atoms with Crippen LogP contribution in [0.3, 0.4) is 0 Å². The molecule has 0 aliphatic heterocycles. The molecule has 0 saturated heterocycles. The monoisotopic (exact) mass is 313 g/mol. The van der Waals surface area contributed by atoms with Gasteiger partial charge in [0.1, 0.15) is 0 Å². The van der Waals surface area contributed by atoms with Crippen LogP contribution in [0.15, 0.2) is 22.7 Å². The van der Waals surface area contributed by atoms with E-state index >= 15 is 0 Å². The zero-order valence-corrected chi connectivity index (χ0v) is 12.9. The second kappa shape index (κ2) is 6.34. The van der Waals surface area contributed by atoms with Gasteiger partial charge in [0.25, 0.3) is 0 Å². The quantitative estimate of drug-likeness (QED) is 0.905. The van der Waals surface area contributed by atoms with Crippen molar-refractivity contribution in [1.82, 2.24) is 4.90 Å². The zero-order chi connectivity index (χ0) is 13.9. The highest BCUT2D eigenvalue weighted by atomic mass is 79.9. The molecule has 0 spiro atoms. The van der Waals surface area contributed by atoms with E-state index in [4.69, 9.17) is 5.11 Å². The molecule has 1 rings (SSSR count). The average molecular weight is 314 g/mol. The average Bonchev–Trinajstić information content (AvgIpc) is 2.28. The molecule has 0 radical (unpaired) electrons. The summed E-state index contributed by atoms with van der Waals surface area (Å²) in [6, 6.07) is 6.26. The second-order valence-electron chi connectivity index (χ2n) is 4.96. The number of aliphatic carboxylic acids is 1. The highest BCUT2D eigenvalue weighted by Gasteiger charge is 2.22. The van der Waals surface area contributed by atoms with E-state index in [0.717, 1.165) is 4.47 Å². The smallest absolute Gasteiger partial charge is 0.306 e. The molecule has 2 atom stereocenters. The lowest BCUT2D eigenvalue weighted by Crippen LogP contribution is -2.25. The Morgan fingerprint density at radius 2 is 2.06 bits per heavy atom. The maximum absolute atomic E-state index is 11.0. The standard InChI is InChI=1S/C14H20BrNO2/c1-9-5-6-11(15)8-12(9)13(16(3)4)7-10(2)14(17)18/h5-6,8,10,13H,7H2,1-4H3,(H,17,18). The first-order valence-corrected chi connectivity index (χ1v) is 6.77. The summed E-state index contributed by atoms with van der Waals surface area (Å²) in [7, 11) is 3.97. The molecule has 1 N–H and O–H groups in total. The van der Waals surface area contributed by atoms with Crippen molar-refractivity contribution in [1.29, 1.82) is 0 Å². The van der Waals surface area contributed by atoms with E-state index in [1.54, 1.807) is 6.92 Å². The molecule has 3 nitrogen and oxygen atoms in total.